The van der Waals surface area contributed by atoms with Crippen molar-refractivity contribution in [2.24, 2.45) is 0 Å². The van der Waals surface area contributed by atoms with Gasteiger partial charge >= 0.3 is 0 Å². The van der Waals surface area contributed by atoms with E-state index in [9.17, 15) is 4.79 Å². The average molecular weight is 330 g/mol. The number of carbonyl (C=O) groups excluding carboxylic acids is 1. The highest BCUT2D eigenvalue weighted by Gasteiger charge is 2.14. The lowest BCUT2D eigenvalue weighted by Gasteiger charge is -1.98. The van der Waals surface area contributed by atoms with Crippen LogP contribution in [-0.2, 0) is 0 Å². The zero-order valence-electron chi connectivity index (χ0n) is 7.54. The molecular formula is C11H6Br2O2. The van der Waals surface area contributed by atoms with E-state index in [0.717, 1.165) is 4.47 Å². The van der Waals surface area contributed by atoms with Crippen LogP contribution in [0.2, 0.25) is 0 Å². The summed E-state index contributed by atoms with van der Waals surface area (Å²) >= 11 is 6.50. The van der Waals surface area contributed by atoms with Crippen molar-refractivity contribution in [3.8, 4) is 0 Å². The number of rotatable bonds is 2. The molecule has 1 heterocycles. The second-order valence-corrected chi connectivity index (χ2v) is 4.58. The summed E-state index contributed by atoms with van der Waals surface area (Å²) in [6, 6.07) is 8.86. The first-order valence-corrected chi connectivity index (χ1v) is 5.80. The van der Waals surface area contributed by atoms with Crippen LogP contribution in [0.3, 0.4) is 0 Å². The summed E-state index contributed by atoms with van der Waals surface area (Å²) in [4.78, 5) is 11.9. The molecule has 0 amide bonds. The fourth-order valence-electron chi connectivity index (χ4n) is 1.21. The normalized spacial score (nSPS) is 10.3. The first-order valence-electron chi connectivity index (χ1n) is 4.22. The number of hydrogen-bond donors (Lipinski definition) is 0. The molecule has 1 aromatic carbocycles. The number of carbonyl (C=O) groups is 1. The topological polar surface area (TPSA) is 30.2 Å². The summed E-state index contributed by atoms with van der Waals surface area (Å²) in [6.07, 6.45) is 1.48. The first-order chi connectivity index (χ1) is 7.18. The maximum atomic E-state index is 11.9. The Bertz CT molecular complexity index is 486. The SMILES string of the molecule is O=C(c1ccc(Br)cc1)c1ccoc1Br. The van der Waals surface area contributed by atoms with Gasteiger partial charge in [-0.3, -0.25) is 4.79 Å². The Balaban J connectivity index is 2.37. The van der Waals surface area contributed by atoms with Crippen LogP contribution in [0.4, 0.5) is 0 Å². The zero-order chi connectivity index (χ0) is 10.8. The second kappa shape index (κ2) is 4.33. The van der Waals surface area contributed by atoms with Crippen molar-refractivity contribution in [1.82, 2.24) is 0 Å². The van der Waals surface area contributed by atoms with Crippen LogP contribution >= 0.6 is 31.9 Å². The molecule has 0 atom stereocenters. The number of halogens is 2. The van der Waals surface area contributed by atoms with Crippen LogP contribution in [0.5, 0.6) is 0 Å². The molecule has 0 aliphatic rings. The molecule has 0 radical (unpaired) electrons. The van der Waals surface area contributed by atoms with Crippen molar-refractivity contribution in [2.45, 2.75) is 0 Å². The van der Waals surface area contributed by atoms with Gasteiger partial charge in [-0.2, -0.15) is 0 Å². The molecule has 76 valence electrons. The third-order valence-corrected chi connectivity index (χ3v) is 3.11. The Kier molecular flexibility index (Phi) is 3.07. The molecule has 0 saturated carbocycles. The molecule has 1 aromatic heterocycles. The maximum absolute atomic E-state index is 11.9. The minimum absolute atomic E-state index is 0.0527. The predicted octanol–water partition coefficient (Wildman–Crippen LogP) is 4.04. The largest absolute Gasteiger partial charge is 0.457 e. The minimum Gasteiger partial charge on any atom is -0.457 e. The summed E-state index contributed by atoms with van der Waals surface area (Å²) < 4.78 is 6.43. The Labute approximate surface area is 104 Å². The lowest BCUT2D eigenvalue weighted by Crippen LogP contribution is -1.99. The van der Waals surface area contributed by atoms with E-state index in [1.165, 1.54) is 6.26 Å². The quantitative estimate of drug-likeness (QED) is 0.778. The van der Waals surface area contributed by atoms with Crippen molar-refractivity contribution < 1.29 is 9.21 Å². The highest BCUT2D eigenvalue weighted by Crippen LogP contribution is 2.21. The average Bonchev–Trinajstić information content (AvgIpc) is 2.65. The monoisotopic (exact) mass is 328 g/mol. The summed E-state index contributed by atoms with van der Waals surface area (Å²) in [5.41, 5.74) is 1.18. The predicted molar refractivity (Wildman–Crippen MR) is 64.0 cm³/mol. The van der Waals surface area contributed by atoms with Gasteiger partial charge in [-0.15, -0.1) is 0 Å². The maximum Gasteiger partial charge on any atom is 0.197 e. The fraction of sp³-hybridized carbons (Fsp3) is 0. The van der Waals surface area contributed by atoms with Crippen LogP contribution in [0.25, 0.3) is 0 Å². The molecule has 0 aliphatic heterocycles. The molecule has 0 bridgehead atoms. The van der Waals surface area contributed by atoms with E-state index in [4.69, 9.17) is 4.42 Å². The van der Waals surface area contributed by atoms with Crippen molar-refractivity contribution in [2.75, 3.05) is 0 Å². The second-order valence-electron chi connectivity index (χ2n) is 2.94. The molecule has 0 N–H and O–H groups in total. The highest BCUT2D eigenvalue weighted by molar-refractivity contribution is 9.10. The van der Waals surface area contributed by atoms with Crippen LogP contribution < -0.4 is 0 Å². The van der Waals surface area contributed by atoms with Crippen LogP contribution in [0.1, 0.15) is 15.9 Å². The molecular weight excluding hydrogens is 324 g/mol. The van der Waals surface area contributed by atoms with Crippen molar-refractivity contribution in [3.05, 3.63) is 56.9 Å². The van der Waals surface area contributed by atoms with E-state index in [0.29, 0.717) is 15.8 Å². The Morgan fingerprint density at radius 3 is 2.27 bits per heavy atom. The van der Waals surface area contributed by atoms with Gasteiger partial charge in [-0.05, 0) is 46.3 Å². The van der Waals surface area contributed by atoms with Crippen LogP contribution in [0.15, 0.2) is 50.2 Å². The molecule has 2 aromatic rings. The third kappa shape index (κ3) is 2.21. The molecule has 0 aliphatic carbocycles. The van der Waals surface area contributed by atoms with E-state index >= 15 is 0 Å². The lowest BCUT2D eigenvalue weighted by molar-refractivity contribution is 0.103. The first kappa shape index (κ1) is 10.6. The van der Waals surface area contributed by atoms with Crippen molar-refractivity contribution in [3.63, 3.8) is 0 Å². The molecule has 0 fully saturated rings. The van der Waals surface area contributed by atoms with E-state index in [2.05, 4.69) is 31.9 Å². The molecule has 2 nitrogen and oxygen atoms in total. The van der Waals surface area contributed by atoms with E-state index in [1.54, 1.807) is 18.2 Å². The van der Waals surface area contributed by atoms with Gasteiger partial charge in [0.05, 0.1) is 11.8 Å². The van der Waals surface area contributed by atoms with Gasteiger partial charge in [-0.25, -0.2) is 0 Å². The third-order valence-electron chi connectivity index (χ3n) is 1.97. The van der Waals surface area contributed by atoms with Gasteiger partial charge in [0.25, 0.3) is 0 Å². The number of furan rings is 1. The van der Waals surface area contributed by atoms with Crippen molar-refractivity contribution >= 4 is 37.6 Å². The van der Waals surface area contributed by atoms with Gasteiger partial charge in [0, 0.05) is 10.0 Å². The Hall–Kier alpha value is -0.870. The number of ketones is 1. The Morgan fingerprint density at radius 2 is 1.73 bits per heavy atom. The van der Waals surface area contributed by atoms with Crippen molar-refractivity contribution in [1.29, 1.82) is 0 Å². The van der Waals surface area contributed by atoms with Crippen LogP contribution in [-0.4, -0.2) is 5.78 Å². The summed E-state index contributed by atoms with van der Waals surface area (Å²) in [6.45, 7) is 0. The van der Waals surface area contributed by atoms with Gasteiger partial charge in [0.1, 0.15) is 0 Å². The Morgan fingerprint density at radius 1 is 1.07 bits per heavy atom. The van der Waals surface area contributed by atoms with Crippen LogP contribution in [0, 0.1) is 0 Å². The minimum atomic E-state index is -0.0527. The fourth-order valence-corrected chi connectivity index (χ4v) is 1.90. The smallest absolute Gasteiger partial charge is 0.197 e. The molecule has 0 spiro atoms. The molecule has 0 saturated heterocycles. The highest BCUT2D eigenvalue weighted by atomic mass is 79.9. The van der Waals surface area contributed by atoms with E-state index in [-0.39, 0.29) is 5.78 Å². The van der Waals surface area contributed by atoms with E-state index < -0.39 is 0 Å². The van der Waals surface area contributed by atoms with Gasteiger partial charge in [0.2, 0.25) is 0 Å². The summed E-state index contributed by atoms with van der Waals surface area (Å²) in [5.74, 6) is -0.0527. The molecule has 15 heavy (non-hydrogen) atoms. The van der Waals surface area contributed by atoms with Gasteiger partial charge in [0.15, 0.2) is 10.5 Å². The summed E-state index contributed by atoms with van der Waals surface area (Å²) in [7, 11) is 0. The lowest BCUT2D eigenvalue weighted by atomic mass is 10.1. The number of hydrogen-bond acceptors (Lipinski definition) is 2. The number of benzene rings is 1. The van der Waals surface area contributed by atoms with E-state index in [1.807, 2.05) is 12.1 Å². The van der Waals surface area contributed by atoms with Gasteiger partial charge < -0.3 is 4.42 Å². The standard InChI is InChI=1S/C11H6Br2O2/c12-8-3-1-7(2-4-8)10(14)9-5-6-15-11(9)13/h1-6H. The zero-order valence-corrected chi connectivity index (χ0v) is 10.7. The summed E-state index contributed by atoms with van der Waals surface area (Å²) in [5, 5.41) is 0. The molecule has 4 heteroatoms. The van der Waals surface area contributed by atoms with Gasteiger partial charge in [-0.1, -0.05) is 15.9 Å². The molecule has 0 unspecified atom stereocenters. The molecule has 2 rings (SSSR count).